The molecule has 1 aliphatic heterocycles. The van der Waals surface area contributed by atoms with Crippen molar-refractivity contribution in [1.29, 1.82) is 0 Å². The van der Waals surface area contributed by atoms with Gasteiger partial charge in [0.2, 0.25) is 5.95 Å². The predicted octanol–water partition coefficient (Wildman–Crippen LogP) is 2.57. The summed E-state index contributed by atoms with van der Waals surface area (Å²) in [7, 11) is 0. The van der Waals surface area contributed by atoms with Crippen LogP contribution in [0.15, 0.2) is 6.07 Å². The number of hydrogen-bond acceptors (Lipinski definition) is 4. The minimum absolute atomic E-state index is 0.564. The first-order valence-electron chi connectivity index (χ1n) is 7.63. The molecule has 0 spiro atoms. The SMILES string of the molecule is CCNC(=S)Nc1nc(C)cc(N2C[C@@H](C)C[C@H](C)C2)n1. The topological polar surface area (TPSA) is 53.1 Å². The molecule has 1 aliphatic rings. The predicted molar refractivity (Wildman–Crippen MR) is 91.8 cm³/mol. The van der Waals surface area contributed by atoms with E-state index in [1.54, 1.807) is 0 Å². The first-order chi connectivity index (χ1) is 9.97. The molecule has 5 nitrogen and oxygen atoms in total. The summed E-state index contributed by atoms with van der Waals surface area (Å²) >= 11 is 5.20. The average molecular weight is 307 g/mol. The lowest BCUT2D eigenvalue weighted by atomic mass is 9.92. The van der Waals surface area contributed by atoms with E-state index in [2.05, 4.69) is 39.3 Å². The second kappa shape index (κ2) is 7.02. The number of aromatic nitrogens is 2. The molecule has 2 heterocycles. The van der Waals surface area contributed by atoms with Gasteiger partial charge in [-0.25, -0.2) is 4.98 Å². The van der Waals surface area contributed by atoms with E-state index in [4.69, 9.17) is 12.2 Å². The van der Waals surface area contributed by atoms with Crippen LogP contribution in [0.2, 0.25) is 0 Å². The summed E-state index contributed by atoms with van der Waals surface area (Å²) in [5.74, 6) is 2.95. The molecule has 1 aromatic rings. The number of piperidine rings is 1. The Morgan fingerprint density at radius 2 is 2.00 bits per heavy atom. The maximum Gasteiger partial charge on any atom is 0.231 e. The molecule has 0 unspecified atom stereocenters. The fraction of sp³-hybridized carbons (Fsp3) is 0.667. The first kappa shape index (κ1) is 15.9. The third kappa shape index (κ3) is 4.52. The molecule has 2 rings (SSSR count). The number of aryl methyl sites for hydroxylation is 1. The molecule has 2 N–H and O–H groups in total. The Morgan fingerprint density at radius 3 is 2.62 bits per heavy atom. The molecular formula is C15H25N5S. The Labute approximate surface area is 132 Å². The zero-order valence-electron chi connectivity index (χ0n) is 13.3. The zero-order chi connectivity index (χ0) is 15.4. The molecule has 1 aromatic heterocycles. The molecule has 0 aliphatic carbocycles. The maximum absolute atomic E-state index is 5.20. The number of rotatable bonds is 3. The van der Waals surface area contributed by atoms with Crippen molar-refractivity contribution in [3.8, 4) is 0 Å². The van der Waals surface area contributed by atoms with Gasteiger partial charge in [0, 0.05) is 31.4 Å². The minimum Gasteiger partial charge on any atom is -0.363 e. The van der Waals surface area contributed by atoms with Crippen LogP contribution in [0.4, 0.5) is 11.8 Å². The van der Waals surface area contributed by atoms with Crippen molar-refractivity contribution in [3.05, 3.63) is 11.8 Å². The quantitative estimate of drug-likeness (QED) is 0.837. The summed E-state index contributed by atoms with van der Waals surface area (Å²) in [5, 5.41) is 6.67. The van der Waals surface area contributed by atoms with Crippen LogP contribution in [0, 0.1) is 18.8 Å². The van der Waals surface area contributed by atoms with Crippen molar-refractivity contribution in [2.45, 2.75) is 34.1 Å². The van der Waals surface area contributed by atoms with E-state index < -0.39 is 0 Å². The van der Waals surface area contributed by atoms with Crippen molar-refractivity contribution in [3.63, 3.8) is 0 Å². The van der Waals surface area contributed by atoms with E-state index in [0.29, 0.717) is 22.9 Å². The van der Waals surface area contributed by atoms with Crippen molar-refractivity contribution in [1.82, 2.24) is 15.3 Å². The van der Waals surface area contributed by atoms with E-state index in [0.717, 1.165) is 31.1 Å². The number of nitrogens with zero attached hydrogens (tertiary/aromatic N) is 3. The van der Waals surface area contributed by atoms with E-state index in [9.17, 15) is 0 Å². The number of hydrogen-bond donors (Lipinski definition) is 2. The molecular weight excluding hydrogens is 282 g/mol. The van der Waals surface area contributed by atoms with Crippen LogP contribution in [0.5, 0.6) is 0 Å². The summed E-state index contributed by atoms with van der Waals surface area (Å²) in [6.07, 6.45) is 1.29. The van der Waals surface area contributed by atoms with E-state index in [1.807, 2.05) is 19.9 Å². The summed E-state index contributed by atoms with van der Waals surface area (Å²) in [5.41, 5.74) is 0.952. The lowest BCUT2D eigenvalue weighted by Gasteiger charge is -2.36. The van der Waals surface area contributed by atoms with Gasteiger partial charge >= 0.3 is 0 Å². The van der Waals surface area contributed by atoms with Crippen molar-refractivity contribution in [2.24, 2.45) is 11.8 Å². The van der Waals surface area contributed by atoms with E-state index in [1.165, 1.54) is 6.42 Å². The summed E-state index contributed by atoms with van der Waals surface area (Å²) in [6.45, 7) is 11.5. The zero-order valence-corrected chi connectivity index (χ0v) is 14.1. The minimum atomic E-state index is 0.564. The van der Waals surface area contributed by atoms with Gasteiger partial charge in [0.05, 0.1) is 0 Å². The summed E-state index contributed by atoms with van der Waals surface area (Å²) in [4.78, 5) is 11.4. The van der Waals surface area contributed by atoms with Gasteiger partial charge in [0.1, 0.15) is 5.82 Å². The number of anilines is 2. The van der Waals surface area contributed by atoms with Crippen LogP contribution in [-0.2, 0) is 0 Å². The van der Waals surface area contributed by atoms with Gasteiger partial charge in [0.25, 0.3) is 0 Å². The molecule has 0 radical (unpaired) electrons. The Kier molecular flexibility index (Phi) is 5.33. The highest BCUT2D eigenvalue weighted by Crippen LogP contribution is 2.25. The van der Waals surface area contributed by atoms with Crippen LogP contribution < -0.4 is 15.5 Å². The molecule has 2 atom stereocenters. The molecule has 1 fully saturated rings. The molecule has 0 amide bonds. The molecule has 1 saturated heterocycles. The van der Waals surface area contributed by atoms with Gasteiger partial charge in [-0.15, -0.1) is 0 Å². The molecule has 0 aromatic carbocycles. The van der Waals surface area contributed by atoms with Crippen LogP contribution in [0.3, 0.4) is 0 Å². The van der Waals surface area contributed by atoms with Gasteiger partial charge in [-0.3, -0.25) is 0 Å². The van der Waals surface area contributed by atoms with Gasteiger partial charge in [0.15, 0.2) is 5.11 Å². The highest BCUT2D eigenvalue weighted by Gasteiger charge is 2.23. The molecule has 0 saturated carbocycles. The second-order valence-corrected chi connectivity index (χ2v) is 6.43. The van der Waals surface area contributed by atoms with Gasteiger partial charge < -0.3 is 15.5 Å². The van der Waals surface area contributed by atoms with Crippen molar-refractivity contribution >= 4 is 29.1 Å². The second-order valence-electron chi connectivity index (χ2n) is 6.03. The lowest BCUT2D eigenvalue weighted by Crippen LogP contribution is -2.39. The fourth-order valence-corrected chi connectivity index (χ4v) is 3.16. The maximum atomic E-state index is 5.20. The van der Waals surface area contributed by atoms with Crippen LogP contribution in [-0.4, -0.2) is 34.7 Å². The molecule has 6 heteroatoms. The highest BCUT2D eigenvalue weighted by atomic mass is 32.1. The highest BCUT2D eigenvalue weighted by molar-refractivity contribution is 7.80. The van der Waals surface area contributed by atoms with E-state index >= 15 is 0 Å². The van der Waals surface area contributed by atoms with Crippen LogP contribution >= 0.6 is 12.2 Å². The van der Waals surface area contributed by atoms with Gasteiger partial charge in [-0.1, -0.05) is 13.8 Å². The Hall–Kier alpha value is -1.43. The van der Waals surface area contributed by atoms with Gasteiger partial charge in [-0.2, -0.15) is 4.98 Å². The summed E-state index contributed by atoms with van der Waals surface area (Å²) < 4.78 is 0. The Morgan fingerprint density at radius 1 is 1.33 bits per heavy atom. The van der Waals surface area contributed by atoms with Crippen molar-refractivity contribution < 1.29 is 0 Å². The lowest BCUT2D eigenvalue weighted by molar-refractivity contribution is 0.355. The van der Waals surface area contributed by atoms with Crippen LogP contribution in [0.25, 0.3) is 0 Å². The van der Waals surface area contributed by atoms with Crippen molar-refractivity contribution in [2.75, 3.05) is 29.9 Å². The van der Waals surface area contributed by atoms with Gasteiger partial charge in [-0.05, 0) is 44.3 Å². The fourth-order valence-electron chi connectivity index (χ4n) is 2.93. The normalized spacial score (nSPS) is 22.0. The number of nitrogens with one attached hydrogen (secondary N) is 2. The first-order valence-corrected chi connectivity index (χ1v) is 8.04. The van der Waals surface area contributed by atoms with E-state index in [-0.39, 0.29) is 0 Å². The standard InChI is InChI=1S/C15H25N5S/c1-5-16-15(21)19-14-17-12(4)7-13(18-14)20-8-10(2)6-11(3)9-20/h7,10-11H,5-6,8-9H2,1-4H3,(H2,16,17,18,19,21)/t10-,11-/m0/s1. The smallest absolute Gasteiger partial charge is 0.231 e. The van der Waals surface area contributed by atoms with Crippen LogP contribution in [0.1, 0.15) is 32.9 Å². The third-order valence-electron chi connectivity index (χ3n) is 3.60. The summed E-state index contributed by atoms with van der Waals surface area (Å²) in [6, 6.07) is 2.05. The molecule has 21 heavy (non-hydrogen) atoms. The molecule has 116 valence electrons. The average Bonchev–Trinajstić information content (AvgIpc) is 2.37. The Balaban J connectivity index is 2.16. The monoisotopic (exact) mass is 307 g/mol. The molecule has 0 bridgehead atoms. The Bertz CT molecular complexity index is 495. The number of thiocarbonyl (C=S) groups is 1. The largest absolute Gasteiger partial charge is 0.363 e. The third-order valence-corrected chi connectivity index (χ3v) is 3.84.